The minimum atomic E-state index is 0.0972. The summed E-state index contributed by atoms with van der Waals surface area (Å²) in [6.45, 7) is 2.08. The Labute approximate surface area is 77.4 Å². The number of nitrogens with two attached hydrogens (primary N) is 1. The number of hydrogen-bond donors (Lipinski definition) is 2. The number of ether oxygens (including phenoxy) is 1. The first kappa shape index (κ1) is 9.64. The Morgan fingerprint density at radius 2 is 2.46 bits per heavy atom. The van der Waals surface area contributed by atoms with Gasteiger partial charge in [-0.1, -0.05) is 24.2 Å². The van der Waals surface area contributed by atoms with E-state index in [9.17, 15) is 0 Å². The van der Waals surface area contributed by atoms with Crippen LogP contribution in [0.2, 0.25) is 0 Å². The number of rotatable bonds is 2. The van der Waals surface area contributed by atoms with Gasteiger partial charge < -0.3 is 15.7 Å². The number of oxime groups is 1. The smallest absolute Gasteiger partial charge is 0.173 e. The first-order valence-electron chi connectivity index (χ1n) is 4.12. The fourth-order valence-electron chi connectivity index (χ4n) is 1.30. The summed E-state index contributed by atoms with van der Waals surface area (Å²) < 4.78 is 5.15. The Balaban J connectivity index is 2.98. The third kappa shape index (κ3) is 2.02. The van der Waals surface area contributed by atoms with Crippen LogP contribution in [0.1, 0.15) is 13.3 Å². The van der Waals surface area contributed by atoms with Crippen LogP contribution in [0.15, 0.2) is 28.6 Å². The average molecular weight is 182 g/mol. The summed E-state index contributed by atoms with van der Waals surface area (Å²) in [5.74, 6) is 1.30. The van der Waals surface area contributed by atoms with Crippen molar-refractivity contribution in [3.05, 3.63) is 23.5 Å². The topological polar surface area (TPSA) is 67.8 Å². The van der Waals surface area contributed by atoms with Gasteiger partial charge in [-0.05, 0) is 5.92 Å². The van der Waals surface area contributed by atoms with Crippen molar-refractivity contribution in [3.63, 3.8) is 0 Å². The van der Waals surface area contributed by atoms with Gasteiger partial charge in [0.25, 0.3) is 0 Å². The lowest BCUT2D eigenvalue weighted by Gasteiger charge is -2.17. The van der Waals surface area contributed by atoms with E-state index in [2.05, 4.69) is 12.1 Å². The maximum absolute atomic E-state index is 8.51. The van der Waals surface area contributed by atoms with Crippen LogP contribution in [0.5, 0.6) is 0 Å². The maximum Gasteiger partial charge on any atom is 0.173 e. The summed E-state index contributed by atoms with van der Waals surface area (Å²) in [6, 6.07) is 0. The zero-order valence-corrected chi connectivity index (χ0v) is 7.82. The molecule has 0 fully saturated rings. The fourth-order valence-corrected chi connectivity index (χ4v) is 1.30. The Morgan fingerprint density at radius 1 is 1.77 bits per heavy atom. The fraction of sp³-hybridized carbons (Fsp3) is 0.444. The molecule has 0 heterocycles. The second-order valence-corrected chi connectivity index (χ2v) is 3.07. The molecule has 0 aromatic carbocycles. The lowest BCUT2D eigenvalue weighted by molar-refractivity contribution is 0.264. The van der Waals surface area contributed by atoms with Gasteiger partial charge in [0.1, 0.15) is 5.76 Å². The zero-order valence-electron chi connectivity index (χ0n) is 7.82. The lowest BCUT2D eigenvalue weighted by Crippen LogP contribution is -2.18. The van der Waals surface area contributed by atoms with Crippen LogP contribution in [0.3, 0.4) is 0 Å². The van der Waals surface area contributed by atoms with Crippen LogP contribution in [0.25, 0.3) is 0 Å². The van der Waals surface area contributed by atoms with Gasteiger partial charge in [-0.2, -0.15) is 0 Å². The van der Waals surface area contributed by atoms with Crippen LogP contribution in [0.4, 0.5) is 0 Å². The Bertz CT molecular complexity index is 279. The number of allylic oxidation sites excluding steroid dienone is 2. The molecule has 0 saturated carbocycles. The van der Waals surface area contributed by atoms with E-state index in [1.807, 2.05) is 12.2 Å². The molecule has 0 radical (unpaired) electrons. The predicted molar refractivity (Wildman–Crippen MR) is 50.4 cm³/mol. The molecule has 72 valence electrons. The van der Waals surface area contributed by atoms with Gasteiger partial charge in [-0.3, -0.25) is 0 Å². The molecule has 0 amide bonds. The Morgan fingerprint density at radius 3 is 3.00 bits per heavy atom. The highest BCUT2D eigenvalue weighted by Crippen LogP contribution is 2.23. The van der Waals surface area contributed by atoms with E-state index in [-0.39, 0.29) is 5.84 Å². The molecule has 1 aliphatic carbocycles. The number of hydrogen-bond acceptors (Lipinski definition) is 3. The van der Waals surface area contributed by atoms with Gasteiger partial charge in [0, 0.05) is 6.42 Å². The molecule has 1 aliphatic rings. The van der Waals surface area contributed by atoms with Crippen molar-refractivity contribution in [1.29, 1.82) is 0 Å². The quantitative estimate of drug-likeness (QED) is 0.292. The van der Waals surface area contributed by atoms with Crippen LogP contribution < -0.4 is 5.73 Å². The molecule has 0 aromatic rings. The average Bonchev–Trinajstić information content (AvgIpc) is 2.16. The summed E-state index contributed by atoms with van der Waals surface area (Å²) in [4.78, 5) is 0. The summed E-state index contributed by atoms with van der Waals surface area (Å²) in [5.41, 5.74) is 6.14. The van der Waals surface area contributed by atoms with Crippen molar-refractivity contribution >= 4 is 5.84 Å². The lowest BCUT2D eigenvalue weighted by atomic mass is 9.96. The highest BCUT2D eigenvalue weighted by Gasteiger charge is 2.16. The third-order valence-electron chi connectivity index (χ3n) is 2.03. The minimum Gasteiger partial charge on any atom is -0.500 e. The van der Waals surface area contributed by atoms with Crippen LogP contribution in [0, 0.1) is 5.92 Å². The second kappa shape index (κ2) is 3.98. The predicted octanol–water partition coefficient (Wildman–Crippen LogP) is 1.23. The normalized spacial score (nSPS) is 23.5. The van der Waals surface area contributed by atoms with Gasteiger partial charge in [0.2, 0.25) is 0 Å². The number of methoxy groups -OCH3 is 1. The summed E-state index contributed by atoms with van der Waals surface area (Å²) in [6.07, 6.45) is 4.62. The van der Waals surface area contributed by atoms with Crippen LogP contribution in [-0.4, -0.2) is 18.2 Å². The SMILES string of the molecule is COC1=C(/C(N)=N/O)C=CC(C)C1. The molecule has 1 rings (SSSR count). The van der Waals surface area contributed by atoms with E-state index < -0.39 is 0 Å². The van der Waals surface area contributed by atoms with E-state index in [0.717, 1.165) is 12.2 Å². The number of amidine groups is 1. The largest absolute Gasteiger partial charge is 0.500 e. The summed E-state index contributed by atoms with van der Waals surface area (Å²) in [7, 11) is 1.59. The molecule has 1 atom stereocenters. The Hall–Kier alpha value is -1.45. The molecule has 0 aromatic heterocycles. The van der Waals surface area contributed by atoms with Gasteiger partial charge in [0.15, 0.2) is 5.84 Å². The summed E-state index contributed by atoms with van der Waals surface area (Å²) in [5, 5.41) is 11.4. The monoisotopic (exact) mass is 182 g/mol. The van der Waals surface area contributed by atoms with Crippen molar-refractivity contribution in [2.45, 2.75) is 13.3 Å². The molecule has 0 spiro atoms. The van der Waals surface area contributed by atoms with Gasteiger partial charge >= 0.3 is 0 Å². The molecule has 13 heavy (non-hydrogen) atoms. The molecule has 4 nitrogen and oxygen atoms in total. The van der Waals surface area contributed by atoms with Crippen molar-refractivity contribution in [1.82, 2.24) is 0 Å². The van der Waals surface area contributed by atoms with E-state index >= 15 is 0 Å². The first-order chi connectivity index (χ1) is 6.19. The molecule has 0 saturated heterocycles. The highest BCUT2D eigenvalue weighted by atomic mass is 16.5. The van der Waals surface area contributed by atoms with E-state index in [0.29, 0.717) is 11.5 Å². The minimum absolute atomic E-state index is 0.0972. The Kier molecular flexibility index (Phi) is 2.95. The van der Waals surface area contributed by atoms with E-state index in [1.165, 1.54) is 0 Å². The van der Waals surface area contributed by atoms with E-state index in [4.69, 9.17) is 15.7 Å². The molecular formula is C9H14N2O2. The van der Waals surface area contributed by atoms with Gasteiger partial charge in [-0.15, -0.1) is 0 Å². The molecule has 1 unspecified atom stereocenters. The van der Waals surface area contributed by atoms with Gasteiger partial charge in [-0.25, -0.2) is 0 Å². The van der Waals surface area contributed by atoms with Crippen LogP contribution >= 0.6 is 0 Å². The molecular weight excluding hydrogens is 168 g/mol. The molecule has 3 N–H and O–H groups in total. The third-order valence-corrected chi connectivity index (χ3v) is 2.03. The first-order valence-corrected chi connectivity index (χ1v) is 4.12. The number of nitrogens with zero attached hydrogens (tertiary/aromatic N) is 1. The van der Waals surface area contributed by atoms with Crippen LogP contribution in [-0.2, 0) is 4.74 Å². The van der Waals surface area contributed by atoms with Crippen molar-refractivity contribution in [2.24, 2.45) is 16.8 Å². The molecule has 0 bridgehead atoms. The maximum atomic E-state index is 8.51. The highest BCUT2D eigenvalue weighted by molar-refractivity contribution is 5.99. The summed E-state index contributed by atoms with van der Waals surface area (Å²) >= 11 is 0. The van der Waals surface area contributed by atoms with E-state index in [1.54, 1.807) is 7.11 Å². The van der Waals surface area contributed by atoms with Crippen molar-refractivity contribution in [3.8, 4) is 0 Å². The second-order valence-electron chi connectivity index (χ2n) is 3.07. The standard InChI is InChI=1S/C9H14N2O2/c1-6-3-4-7(9(10)11-12)8(5-6)13-2/h3-4,6,12H,5H2,1-2H3,(H2,10,11). The molecule has 0 aliphatic heterocycles. The van der Waals surface area contributed by atoms with Crippen molar-refractivity contribution < 1.29 is 9.94 Å². The van der Waals surface area contributed by atoms with Gasteiger partial charge in [0.05, 0.1) is 12.7 Å². The van der Waals surface area contributed by atoms with Crippen molar-refractivity contribution in [2.75, 3.05) is 7.11 Å². The zero-order chi connectivity index (χ0) is 9.84. The molecule has 4 heteroatoms.